The molecule has 0 aliphatic carbocycles. The van der Waals surface area contributed by atoms with Crippen LogP contribution < -0.4 is 0 Å². The number of hydrogen-bond donors (Lipinski definition) is 0. The van der Waals surface area contributed by atoms with E-state index in [2.05, 4.69) is 68.3 Å². The van der Waals surface area contributed by atoms with E-state index in [1.807, 2.05) is 0 Å². The van der Waals surface area contributed by atoms with Crippen LogP contribution in [0, 0.1) is 0 Å². The molecule has 2 heterocycles. The highest BCUT2D eigenvalue weighted by atomic mass is 15.3. The number of hydrogen-bond acceptors (Lipinski definition) is 3. The molecule has 1 aliphatic rings. The fourth-order valence-corrected chi connectivity index (χ4v) is 2.63. The van der Waals surface area contributed by atoms with Gasteiger partial charge in [0.2, 0.25) is 0 Å². The second-order valence-corrected chi connectivity index (χ2v) is 7.86. The van der Waals surface area contributed by atoms with E-state index < -0.39 is 0 Å². The van der Waals surface area contributed by atoms with E-state index in [0.717, 1.165) is 32.7 Å². The summed E-state index contributed by atoms with van der Waals surface area (Å²) in [6.45, 7) is 19.0. The summed E-state index contributed by atoms with van der Waals surface area (Å²) in [6.07, 6.45) is 2.10. The molecule has 0 radical (unpaired) electrons. The highest BCUT2D eigenvalue weighted by Crippen LogP contribution is 2.17. The van der Waals surface area contributed by atoms with E-state index in [0.29, 0.717) is 5.54 Å². The number of rotatable bonds is 2. The van der Waals surface area contributed by atoms with Crippen molar-refractivity contribution in [3.05, 3.63) is 18.0 Å². The average Bonchev–Trinajstić information content (AvgIpc) is 2.77. The van der Waals surface area contributed by atoms with Gasteiger partial charge in [0.15, 0.2) is 0 Å². The molecular formula is C16H30N4. The van der Waals surface area contributed by atoms with Crippen molar-refractivity contribution >= 4 is 0 Å². The lowest BCUT2D eigenvalue weighted by molar-refractivity contribution is 0.0584. The fourth-order valence-electron chi connectivity index (χ4n) is 2.63. The lowest BCUT2D eigenvalue weighted by Crippen LogP contribution is -2.53. The minimum Gasteiger partial charge on any atom is -0.296 e. The van der Waals surface area contributed by atoms with Crippen LogP contribution in [-0.4, -0.2) is 51.3 Å². The summed E-state index contributed by atoms with van der Waals surface area (Å²) >= 11 is 0. The predicted octanol–water partition coefficient (Wildman–Crippen LogP) is 2.55. The molecule has 1 aromatic heterocycles. The molecule has 20 heavy (non-hydrogen) atoms. The fraction of sp³-hybridized carbons (Fsp3) is 0.812. The Morgan fingerprint density at radius 1 is 0.950 bits per heavy atom. The lowest BCUT2D eigenvalue weighted by atomic mass is 10.0. The molecule has 4 nitrogen and oxygen atoms in total. The molecule has 0 aromatic carbocycles. The van der Waals surface area contributed by atoms with E-state index in [4.69, 9.17) is 5.10 Å². The van der Waals surface area contributed by atoms with E-state index in [1.165, 1.54) is 5.69 Å². The van der Waals surface area contributed by atoms with Gasteiger partial charge < -0.3 is 0 Å². The van der Waals surface area contributed by atoms with Gasteiger partial charge in [0.05, 0.1) is 11.2 Å². The first-order chi connectivity index (χ1) is 9.16. The maximum absolute atomic E-state index is 4.70. The summed E-state index contributed by atoms with van der Waals surface area (Å²) in [6, 6.07) is 2.15. The summed E-state index contributed by atoms with van der Waals surface area (Å²) in [7, 11) is 0. The Bertz CT molecular complexity index is 428. The van der Waals surface area contributed by atoms with Gasteiger partial charge in [0, 0.05) is 44.5 Å². The Balaban J connectivity index is 1.88. The van der Waals surface area contributed by atoms with Crippen molar-refractivity contribution in [3.63, 3.8) is 0 Å². The van der Waals surface area contributed by atoms with E-state index in [-0.39, 0.29) is 5.54 Å². The van der Waals surface area contributed by atoms with Crippen LogP contribution in [0.3, 0.4) is 0 Å². The Hall–Kier alpha value is -0.870. The quantitative estimate of drug-likeness (QED) is 0.831. The second kappa shape index (κ2) is 5.49. The van der Waals surface area contributed by atoms with Gasteiger partial charge in [0.1, 0.15) is 0 Å². The summed E-state index contributed by atoms with van der Waals surface area (Å²) < 4.78 is 2.06. The highest BCUT2D eigenvalue weighted by molar-refractivity contribution is 5.01. The maximum Gasteiger partial charge on any atom is 0.0765 e. The Morgan fingerprint density at radius 3 is 2.00 bits per heavy atom. The minimum atomic E-state index is 0.0726. The van der Waals surface area contributed by atoms with Crippen molar-refractivity contribution in [3.8, 4) is 0 Å². The number of nitrogens with zero attached hydrogens (tertiary/aromatic N) is 4. The SMILES string of the molecule is CC(C)(C)N1CCN(Cc2ccn(C(C)(C)C)n2)CC1. The number of aromatic nitrogens is 2. The first-order valence-corrected chi connectivity index (χ1v) is 7.69. The zero-order valence-electron chi connectivity index (χ0n) is 14.0. The standard InChI is InChI=1S/C16H30N4/c1-15(2,3)19-11-9-18(10-12-19)13-14-7-8-20(17-14)16(4,5)6/h7-8H,9-13H2,1-6H3. The molecule has 0 unspecified atom stereocenters. The zero-order chi connectivity index (χ0) is 15.0. The molecule has 2 rings (SSSR count). The van der Waals surface area contributed by atoms with Crippen molar-refractivity contribution in [1.29, 1.82) is 0 Å². The van der Waals surface area contributed by atoms with Crippen LogP contribution in [0.2, 0.25) is 0 Å². The van der Waals surface area contributed by atoms with E-state index >= 15 is 0 Å². The average molecular weight is 278 g/mol. The first kappa shape index (κ1) is 15.5. The smallest absolute Gasteiger partial charge is 0.0765 e. The zero-order valence-corrected chi connectivity index (χ0v) is 14.0. The van der Waals surface area contributed by atoms with Gasteiger partial charge in [-0.15, -0.1) is 0 Å². The minimum absolute atomic E-state index is 0.0726. The van der Waals surface area contributed by atoms with Crippen LogP contribution in [0.1, 0.15) is 47.2 Å². The molecule has 1 aliphatic heterocycles. The van der Waals surface area contributed by atoms with Gasteiger partial charge in [-0.2, -0.15) is 5.10 Å². The molecule has 1 fully saturated rings. The first-order valence-electron chi connectivity index (χ1n) is 7.69. The number of piperazine rings is 1. The summed E-state index contributed by atoms with van der Waals surface area (Å²) in [5, 5.41) is 4.70. The lowest BCUT2D eigenvalue weighted by Gasteiger charge is -2.42. The summed E-state index contributed by atoms with van der Waals surface area (Å²) in [5.41, 5.74) is 1.55. The molecule has 0 atom stereocenters. The van der Waals surface area contributed by atoms with Gasteiger partial charge >= 0.3 is 0 Å². The van der Waals surface area contributed by atoms with Crippen molar-refractivity contribution in [2.45, 2.75) is 59.2 Å². The molecular weight excluding hydrogens is 248 g/mol. The summed E-state index contributed by atoms with van der Waals surface area (Å²) in [4.78, 5) is 5.08. The van der Waals surface area contributed by atoms with Gasteiger partial charge in [-0.05, 0) is 47.6 Å². The van der Waals surface area contributed by atoms with Crippen LogP contribution >= 0.6 is 0 Å². The molecule has 1 saturated heterocycles. The largest absolute Gasteiger partial charge is 0.296 e. The molecule has 0 saturated carbocycles. The van der Waals surface area contributed by atoms with E-state index in [1.54, 1.807) is 0 Å². The van der Waals surface area contributed by atoms with Gasteiger partial charge in [-0.1, -0.05) is 0 Å². The third kappa shape index (κ3) is 3.83. The Labute approximate surface area is 123 Å². The summed E-state index contributed by atoms with van der Waals surface area (Å²) in [5.74, 6) is 0. The highest BCUT2D eigenvalue weighted by Gasteiger charge is 2.26. The van der Waals surface area contributed by atoms with Gasteiger partial charge in [-0.25, -0.2) is 0 Å². The Morgan fingerprint density at radius 2 is 1.55 bits per heavy atom. The van der Waals surface area contributed by atoms with Crippen molar-refractivity contribution < 1.29 is 0 Å². The molecule has 0 bridgehead atoms. The van der Waals surface area contributed by atoms with Crippen LogP contribution in [0.25, 0.3) is 0 Å². The molecule has 1 aromatic rings. The monoisotopic (exact) mass is 278 g/mol. The molecule has 114 valence electrons. The predicted molar refractivity (Wildman–Crippen MR) is 83.8 cm³/mol. The molecule has 4 heteroatoms. The van der Waals surface area contributed by atoms with Crippen molar-refractivity contribution in [2.24, 2.45) is 0 Å². The topological polar surface area (TPSA) is 24.3 Å². The van der Waals surface area contributed by atoms with Crippen LogP contribution in [0.15, 0.2) is 12.3 Å². The van der Waals surface area contributed by atoms with E-state index in [9.17, 15) is 0 Å². The normalized spacial score (nSPS) is 19.5. The van der Waals surface area contributed by atoms with Gasteiger partial charge in [-0.3, -0.25) is 14.5 Å². The van der Waals surface area contributed by atoms with Crippen LogP contribution in [-0.2, 0) is 12.1 Å². The molecule has 0 N–H and O–H groups in total. The van der Waals surface area contributed by atoms with Gasteiger partial charge in [0.25, 0.3) is 0 Å². The Kier molecular flexibility index (Phi) is 4.26. The van der Waals surface area contributed by atoms with Crippen molar-refractivity contribution in [2.75, 3.05) is 26.2 Å². The van der Waals surface area contributed by atoms with Crippen LogP contribution in [0.4, 0.5) is 0 Å². The molecule has 0 spiro atoms. The van der Waals surface area contributed by atoms with Crippen molar-refractivity contribution in [1.82, 2.24) is 19.6 Å². The maximum atomic E-state index is 4.70. The third-order valence-electron chi connectivity index (χ3n) is 4.04. The van der Waals surface area contributed by atoms with Crippen LogP contribution in [0.5, 0.6) is 0 Å². The molecule has 0 amide bonds. The third-order valence-corrected chi connectivity index (χ3v) is 4.04. The second-order valence-electron chi connectivity index (χ2n) is 7.86.